The third kappa shape index (κ3) is 5.09. The van der Waals surface area contributed by atoms with Crippen LogP contribution in [0.1, 0.15) is 32.1 Å². The molecule has 0 aromatic heterocycles. The Hall–Kier alpha value is 0.630. The van der Waals surface area contributed by atoms with Gasteiger partial charge in [0.15, 0.2) is 0 Å². The van der Waals surface area contributed by atoms with Crippen LogP contribution in [0.15, 0.2) is 0 Å². The average Bonchev–Trinajstić information content (AvgIpc) is 1.69. The molecule has 9 heavy (non-hydrogen) atoms. The summed E-state index contributed by atoms with van der Waals surface area (Å²) in [5.41, 5.74) is 0. The number of Topliss-reactive ketones (excluding diaryl/α,β-unsaturated/α-hetero) is 1. The van der Waals surface area contributed by atoms with Gasteiger partial charge in [-0.2, -0.15) is 0 Å². The maximum atomic E-state index is 10.5. The van der Waals surface area contributed by atoms with Crippen molar-refractivity contribution in [2.24, 2.45) is 0 Å². The molecule has 0 aromatic carbocycles. The first-order chi connectivity index (χ1) is 3.39. The van der Waals surface area contributed by atoms with E-state index < -0.39 is 0 Å². The predicted molar refractivity (Wildman–Crippen MR) is 30.0 cm³/mol. The Balaban J connectivity index is 0. The van der Waals surface area contributed by atoms with E-state index in [0.29, 0.717) is 5.78 Å². The van der Waals surface area contributed by atoms with Crippen molar-refractivity contribution >= 4 is 5.78 Å². The van der Waals surface area contributed by atoms with Crippen molar-refractivity contribution in [3.8, 4) is 0 Å². The van der Waals surface area contributed by atoms with E-state index in [1.165, 1.54) is 6.42 Å². The third-order valence-corrected chi connectivity index (χ3v) is 1.41. The maximum absolute atomic E-state index is 10.5. The van der Waals surface area contributed by atoms with Crippen LogP contribution in [0.4, 0.5) is 0 Å². The number of carbonyl (C=O) groups excluding carboxylic acids is 1. The normalized spacial score (nSPS) is 17.6. The molecule has 0 aliphatic heterocycles. The van der Waals surface area contributed by atoms with Gasteiger partial charge in [0.25, 0.3) is 0 Å². The van der Waals surface area contributed by atoms with Gasteiger partial charge in [-0.05, 0) is 12.8 Å². The van der Waals surface area contributed by atoms with Crippen LogP contribution in [-0.4, -0.2) is 11.3 Å². The first-order valence-corrected chi connectivity index (χ1v) is 2.91. The molecule has 0 saturated heterocycles. The Labute approximate surface area is 77.6 Å². The van der Waals surface area contributed by atoms with Gasteiger partial charge in [0, 0.05) is 12.8 Å². The summed E-state index contributed by atoms with van der Waals surface area (Å²) in [5.74, 6) is 0.464. The molecule has 0 aromatic rings. The average molecular weight is 138 g/mol. The fourth-order valence-corrected chi connectivity index (χ4v) is 0.946. The zero-order valence-corrected chi connectivity index (χ0v) is 7.89. The van der Waals surface area contributed by atoms with E-state index in [-0.39, 0.29) is 35.0 Å². The second-order valence-corrected chi connectivity index (χ2v) is 2.10. The molecule has 0 heterocycles. The summed E-state index contributed by atoms with van der Waals surface area (Å²) in [6.07, 6.45) is 5.24. The van der Waals surface area contributed by atoms with E-state index in [4.69, 9.17) is 0 Å². The van der Waals surface area contributed by atoms with Gasteiger partial charge in [0.1, 0.15) is 5.78 Å². The van der Waals surface area contributed by atoms with Crippen molar-refractivity contribution in [2.45, 2.75) is 32.1 Å². The molecule has 0 radical (unpaired) electrons. The van der Waals surface area contributed by atoms with Crippen molar-refractivity contribution in [1.82, 2.24) is 0 Å². The molecule has 1 saturated carbocycles. The van der Waals surface area contributed by atoms with Gasteiger partial charge in [-0.1, -0.05) is 6.42 Å². The van der Waals surface area contributed by atoms with Gasteiger partial charge in [-0.3, -0.25) is 4.79 Å². The largest absolute Gasteiger partial charge is 1.00 e. The molecule has 0 bridgehead atoms. The van der Waals surface area contributed by atoms with Crippen molar-refractivity contribution < 1.29 is 39.8 Å². The molecule has 2 nitrogen and oxygen atoms in total. The Morgan fingerprint density at radius 3 is 1.67 bits per heavy atom. The molecule has 1 fully saturated rings. The summed E-state index contributed by atoms with van der Waals surface area (Å²) in [6.45, 7) is 0. The van der Waals surface area contributed by atoms with Crippen molar-refractivity contribution in [3.05, 3.63) is 0 Å². The molecule has 0 atom stereocenters. The molecule has 1 aliphatic carbocycles. The minimum absolute atomic E-state index is 0. The Morgan fingerprint density at radius 2 is 1.44 bits per heavy atom. The SMILES string of the molecule is O=C1CCCCC1.[Na+].[OH-]. The van der Waals surface area contributed by atoms with E-state index >= 15 is 0 Å². The molecule has 3 heteroatoms. The monoisotopic (exact) mass is 138 g/mol. The van der Waals surface area contributed by atoms with Crippen LogP contribution in [0.3, 0.4) is 0 Å². The van der Waals surface area contributed by atoms with Gasteiger partial charge >= 0.3 is 29.6 Å². The fraction of sp³-hybridized carbons (Fsp3) is 0.833. The summed E-state index contributed by atoms with van der Waals surface area (Å²) in [4.78, 5) is 10.5. The second kappa shape index (κ2) is 6.75. The molecule has 1 N–H and O–H groups in total. The standard InChI is InChI=1S/C6H10O.Na.H2O/c7-6-4-2-1-3-5-6;;/h1-5H2;;1H2/q;+1;/p-1. The minimum atomic E-state index is 0. The first-order valence-electron chi connectivity index (χ1n) is 2.91. The van der Waals surface area contributed by atoms with Gasteiger partial charge in [0.05, 0.1) is 0 Å². The molecule has 48 valence electrons. The summed E-state index contributed by atoms with van der Waals surface area (Å²) < 4.78 is 0. The zero-order chi connectivity index (χ0) is 5.11. The van der Waals surface area contributed by atoms with Crippen LogP contribution in [0.5, 0.6) is 0 Å². The van der Waals surface area contributed by atoms with Gasteiger partial charge in [-0.25, -0.2) is 0 Å². The molecule has 0 spiro atoms. The van der Waals surface area contributed by atoms with Crippen LogP contribution in [-0.2, 0) is 4.79 Å². The maximum Gasteiger partial charge on any atom is 1.00 e. The van der Waals surface area contributed by atoms with Gasteiger partial charge in [-0.15, -0.1) is 0 Å². The van der Waals surface area contributed by atoms with Crippen molar-refractivity contribution in [3.63, 3.8) is 0 Å². The molecule has 1 rings (SSSR count). The van der Waals surface area contributed by atoms with E-state index in [0.717, 1.165) is 25.7 Å². The topological polar surface area (TPSA) is 47.1 Å². The summed E-state index contributed by atoms with van der Waals surface area (Å²) in [5, 5.41) is 0. The summed E-state index contributed by atoms with van der Waals surface area (Å²) in [7, 11) is 0. The Kier molecular flexibility index (Phi) is 9.23. The van der Waals surface area contributed by atoms with Crippen molar-refractivity contribution in [2.75, 3.05) is 0 Å². The molecular weight excluding hydrogens is 127 g/mol. The molecule has 1 aliphatic rings. The number of carbonyl (C=O) groups is 1. The minimum Gasteiger partial charge on any atom is -0.870 e. The van der Waals surface area contributed by atoms with Crippen LogP contribution in [0.25, 0.3) is 0 Å². The quantitative estimate of drug-likeness (QED) is 0.376. The summed E-state index contributed by atoms with van der Waals surface area (Å²) >= 11 is 0. The molecular formula is C6H11NaO2. The number of rotatable bonds is 0. The van der Waals surface area contributed by atoms with Crippen molar-refractivity contribution in [1.29, 1.82) is 0 Å². The number of hydrogen-bond acceptors (Lipinski definition) is 2. The van der Waals surface area contributed by atoms with Crippen LogP contribution in [0.2, 0.25) is 0 Å². The number of ketones is 1. The zero-order valence-electron chi connectivity index (χ0n) is 5.89. The van der Waals surface area contributed by atoms with E-state index in [9.17, 15) is 4.79 Å². The summed E-state index contributed by atoms with van der Waals surface area (Å²) in [6, 6.07) is 0. The molecule has 0 amide bonds. The van der Waals surface area contributed by atoms with Gasteiger partial charge < -0.3 is 5.48 Å². The van der Waals surface area contributed by atoms with Crippen LogP contribution >= 0.6 is 0 Å². The van der Waals surface area contributed by atoms with Gasteiger partial charge in [0.2, 0.25) is 0 Å². The molecule has 0 unspecified atom stereocenters. The second-order valence-electron chi connectivity index (χ2n) is 2.10. The predicted octanol–water partition coefficient (Wildman–Crippen LogP) is -1.65. The fourth-order valence-electron chi connectivity index (χ4n) is 0.946. The Morgan fingerprint density at radius 1 is 1.00 bits per heavy atom. The van der Waals surface area contributed by atoms with E-state index in [1.54, 1.807) is 0 Å². The smallest absolute Gasteiger partial charge is 0.870 e. The first kappa shape index (κ1) is 12.3. The Bertz CT molecular complexity index is 75.1. The number of hydrogen-bond donors (Lipinski definition) is 0. The van der Waals surface area contributed by atoms with E-state index in [1.807, 2.05) is 0 Å². The third-order valence-electron chi connectivity index (χ3n) is 1.41. The van der Waals surface area contributed by atoms with Crippen LogP contribution < -0.4 is 29.6 Å². The van der Waals surface area contributed by atoms with E-state index in [2.05, 4.69) is 0 Å². The van der Waals surface area contributed by atoms with Crippen LogP contribution in [0, 0.1) is 0 Å².